The van der Waals surface area contributed by atoms with Gasteiger partial charge in [0, 0.05) is 37.4 Å². The molecule has 2 fully saturated rings. The fourth-order valence-electron chi connectivity index (χ4n) is 3.29. The molecule has 0 unspecified atom stereocenters. The maximum atomic E-state index is 12.2. The number of nitrogens with one attached hydrogen (secondary N) is 3. The van der Waals surface area contributed by atoms with Crippen molar-refractivity contribution >= 4 is 23.4 Å². The van der Waals surface area contributed by atoms with Gasteiger partial charge in [0.25, 0.3) is 0 Å². The Morgan fingerprint density at radius 1 is 1.38 bits per heavy atom. The van der Waals surface area contributed by atoms with E-state index in [1.165, 1.54) is 0 Å². The predicted molar refractivity (Wildman–Crippen MR) is 98.3 cm³/mol. The van der Waals surface area contributed by atoms with Gasteiger partial charge in [-0.2, -0.15) is 0 Å². The van der Waals surface area contributed by atoms with E-state index in [-0.39, 0.29) is 18.0 Å². The van der Waals surface area contributed by atoms with Gasteiger partial charge in [0.05, 0.1) is 13.2 Å². The van der Waals surface area contributed by atoms with Crippen LogP contribution < -0.4 is 20.9 Å². The Bertz CT molecular complexity index is 660. The van der Waals surface area contributed by atoms with Crippen molar-refractivity contribution in [2.45, 2.75) is 26.1 Å². The molecule has 1 aromatic carbocycles. The van der Waals surface area contributed by atoms with Crippen molar-refractivity contribution in [2.75, 3.05) is 43.1 Å². The van der Waals surface area contributed by atoms with Crippen LogP contribution in [0.3, 0.4) is 0 Å². The zero-order valence-electron chi connectivity index (χ0n) is 15.2. The normalized spacial score (nSPS) is 19.9. The number of ether oxygens (including phenoxy) is 2. The summed E-state index contributed by atoms with van der Waals surface area (Å²) < 4.78 is 11.2. The van der Waals surface area contributed by atoms with Crippen LogP contribution in [0, 0.1) is 5.92 Å². The SMILES string of the molecule is C[C@H](CNC(=O)Nc1cccc(N2CCNC2=O)c1)CC1(C)OCCO1. The third kappa shape index (κ3) is 4.64. The molecule has 0 aromatic heterocycles. The van der Waals surface area contributed by atoms with Gasteiger partial charge < -0.3 is 25.4 Å². The van der Waals surface area contributed by atoms with Crippen molar-refractivity contribution in [2.24, 2.45) is 5.92 Å². The summed E-state index contributed by atoms with van der Waals surface area (Å²) in [6, 6.07) is 6.84. The summed E-state index contributed by atoms with van der Waals surface area (Å²) in [4.78, 5) is 25.5. The standard InChI is InChI=1S/C18H26N4O4/c1-13(11-18(2)25-8-9-26-18)12-20-16(23)21-14-4-3-5-15(10-14)22-7-6-19-17(22)24/h3-5,10,13H,6-9,11-12H2,1-2H3,(H,19,24)(H2,20,21,23)/t13-/m0/s1. The second-order valence-corrected chi connectivity index (χ2v) is 6.91. The van der Waals surface area contributed by atoms with E-state index >= 15 is 0 Å². The van der Waals surface area contributed by atoms with E-state index in [2.05, 4.69) is 16.0 Å². The minimum atomic E-state index is -0.553. The number of carbonyl (C=O) groups is 2. The second kappa shape index (κ2) is 7.92. The van der Waals surface area contributed by atoms with Crippen LogP contribution in [0.25, 0.3) is 0 Å². The topological polar surface area (TPSA) is 91.9 Å². The average molecular weight is 362 g/mol. The highest BCUT2D eigenvalue weighted by atomic mass is 16.7. The van der Waals surface area contributed by atoms with Crippen LogP contribution in [0.15, 0.2) is 24.3 Å². The lowest BCUT2D eigenvalue weighted by atomic mass is 10.0. The summed E-state index contributed by atoms with van der Waals surface area (Å²) in [5, 5.41) is 8.43. The third-order valence-corrected chi connectivity index (χ3v) is 4.50. The fraction of sp³-hybridized carbons (Fsp3) is 0.556. The first-order chi connectivity index (χ1) is 12.5. The number of rotatable bonds is 6. The summed E-state index contributed by atoms with van der Waals surface area (Å²) in [6.45, 7) is 6.96. The van der Waals surface area contributed by atoms with E-state index in [1.807, 2.05) is 26.0 Å². The highest BCUT2D eigenvalue weighted by Gasteiger charge is 2.32. The number of hydrogen-bond acceptors (Lipinski definition) is 4. The quantitative estimate of drug-likeness (QED) is 0.723. The van der Waals surface area contributed by atoms with Gasteiger partial charge in [0.15, 0.2) is 5.79 Å². The minimum Gasteiger partial charge on any atom is -0.348 e. The molecule has 2 heterocycles. The van der Waals surface area contributed by atoms with Gasteiger partial charge in [-0.05, 0) is 31.0 Å². The summed E-state index contributed by atoms with van der Waals surface area (Å²) in [6.07, 6.45) is 0.715. The van der Waals surface area contributed by atoms with Gasteiger partial charge in [0.2, 0.25) is 0 Å². The number of nitrogens with zero attached hydrogens (tertiary/aromatic N) is 1. The smallest absolute Gasteiger partial charge is 0.321 e. The van der Waals surface area contributed by atoms with Crippen LogP contribution in [0.4, 0.5) is 21.0 Å². The maximum absolute atomic E-state index is 12.2. The van der Waals surface area contributed by atoms with Crippen LogP contribution >= 0.6 is 0 Å². The molecule has 8 heteroatoms. The molecular formula is C18H26N4O4. The van der Waals surface area contributed by atoms with Gasteiger partial charge in [-0.1, -0.05) is 13.0 Å². The molecule has 2 aliphatic heterocycles. The second-order valence-electron chi connectivity index (χ2n) is 6.91. The van der Waals surface area contributed by atoms with Gasteiger partial charge in [-0.15, -0.1) is 0 Å². The molecule has 1 atom stereocenters. The first kappa shape index (κ1) is 18.5. The molecule has 142 valence electrons. The van der Waals surface area contributed by atoms with Crippen LogP contribution in [-0.2, 0) is 9.47 Å². The number of hydrogen-bond donors (Lipinski definition) is 3. The molecule has 3 N–H and O–H groups in total. The zero-order valence-corrected chi connectivity index (χ0v) is 15.2. The summed E-state index contributed by atoms with van der Waals surface area (Å²) in [5.41, 5.74) is 1.40. The molecule has 0 spiro atoms. The first-order valence-electron chi connectivity index (χ1n) is 8.93. The fourth-order valence-corrected chi connectivity index (χ4v) is 3.29. The van der Waals surface area contributed by atoms with Crippen molar-refractivity contribution in [1.82, 2.24) is 10.6 Å². The van der Waals surface area contributed by atoms with E-state index < -0.39 is 5.79 Å². The van der Waals surface area contributed by atoms with Crippen LogP contribution in [0.2, 0.25) is 0 Å². The summed E-state index contributed by atoms with van der Waals surface area (Å²) in [5.74, 6) is -0.342. The molecule has 0 radical (unpaired) electrons. The van der Waals surface area contributed by atoms with Crippen LogP contribution in [-0.4, -0.2) is 50.7 Å². The number of amides is 4. The molecule has 2 saturated heterocycles. The van der Waals surface area contributed by atoms with E-state index in [4.69, 9.17) is 9.47 Å². The Labute approximate surface area is 153 Å². The Balaban J connectivity index is 1.48. The monoisotopic (exact) mass is 362 g/mol. The number of carbonyl (C=O) groups excluding carboxylic acids is 2. The summed E-state index contributed by atoms with van der Waals surface area (Å²) >= 11 is 0. The van der Waals surface area contributed by atoms with Gasteiger partial charge in [0.1, 0.15) is 0 Å². The van der Waals surface area contributed by atoms with E-state index in [0.29, 0.717) is 45.0 Å². The highest BCUT2D eigenvalue weighted by Crippen LogP contribution is 2.26. The van der Waals surface area contributed by atoms with Crippen molar-refractivity contribution in [3.8, 4) is 0 Å². The number of benzene rings is 1. The van der Waals surface area contributed by atoms with E-state index in [0.717, 1.165) is 5.69 Å². The first-order valence-corrected chi connectivity index (χ1v) is 8.93. The van der Waals surface area contributed by atoms with Gasteiger partial charge in [-0.25, -0.2) is 9.59 Å². The van der Waals surface area contributed by atoms with Crippen LogP contribution in [0.1, 0.15) is 20.3 Å². The van der Waals surface area contributed by atoms with Gasteiger partial charge >= 0.3 is 12.1 Å². The van der Waals surface area contributed by atoms with Crippen molar-refractivity contribution in [3.05, 3.63) is 24.3 Å². The molecule has 2 aliphatic rings. The molecule has 0 bridgehead atoms. The Morgan fingerprint density at radius 3 is 2.85 bits per heavy atom. The molecule has 0 saturated carbocycles. The van der Waals surface area contributed by atoms with E-state index in [9.17, 15) is 9.59 Å². The van der Waals surface area contributed by atoms with Crippen molar-refractivity contribution in [3.63, 3.8) is 0 Å². The molecule has 1 aromatic rings. The molecule has 26 heavy (non-hydrogen) atoms. The molecule has 8 nitrogen and oxygen atoms in total. The average Bonchev–Trinajstić information content (AvgIpc) is 3.22. The largest absolute Gasteiger partial charge is 0.348 e. The third-order valence-electron chi connectivity index (χ3n) is 4.50. The zero-order chi connectivity index (χ0) is 18.6. The molecule has 0 aliphatic carbocycles. The summed E-state index contributed by atoms with van der Waals surface area (Å²) in [7, 11) is 0. The Kier molecular flexibility index (Phi) is 5.63. The number of urea groups is 2. The lowest BCUT2D eigenvalue weighted by Gasteiger charge is -2.26. The predicted octanol–water partition coefficient (Wildman–Crippen LogP) is 2.13. The Morgan fingerprint density at radius 2 is 2.15 bits per heavy atom. The maximum Gasteiger partial charge on any atom is 0.321 e. The van der Waals surface area contributed by atoms with Crippen molar-refractivity contribution < 1.29 is 19.1 Å². The lowest BCUT2D eigenvalue weighted by molar-refractivity contribution is -0.153. The molecule has 4 amide bonds. The van der Waals surface area contributed by atoms with Gasteiger partial charge in [-0.3, -0.25) is 4.90 Å². The lowest BCUT2D eigenvalue weighted by Crippen LogP contribution is -2.36. The molecule has 3 rings (SSSR count). The minimum absolute atomic E-state index is 0.120. The molecular weight excluding hydrogens is 336 g/mol. The van der Waals surface area contributed by atoms with E-state index in [1.54, 1.807) is 17.0 Å². The number of anilines is 2. The van der Waals surface area contributed by atoms with Crippen LogP contribution in [0.5, 0.6) is 0 Å². The Hall–Kier alpha value is -2.32. The van der Waals surface area contributed by atoms with Crippen molar-refractivity contribution in [1.29, 1.82) is 0 Å². The highest BCUT2D eigenvalue weighted by molar-refractivity contribution is 5.95.